The van der Waals surface area contributed by atoms with Gasteiger partial charge < -0.3 is 4.42 Å². The first-order valence-corrected chi connectivity index (χ1v) is 12.8. The van der Waals surface area contributed by atoms with Crippen molar-refractivity contribution in [1.82, 2.24) is 4.98 Å². The van der Waals surface area contributed by atoms with Crippen LogP contribution in [0.1, 0.15) is 31.9 Å². The fourth-order valence-corrected chi connectivity index (χ4v) is 5.12. The fraction of sp³-hybridized carbons (Fsp3) is 0.182. The molecule has 2 aromatic heterocycles. The second-order valence-electron chi connectivity index (χ2n) is 11.3. The third-order valence-electron chi connectivity index (χ3n) is 7.72. The van der Waals surface area contributed by atoms with E-state index in [0.29, 0.717) is 28.0 Å². The van der Waals surface area contributed by atoms with Crippen molar-refractivity contribution >= 4 is 48.4 Å². The quantitative estimate of drug-likeness (QED) is 0.223. The van der Waals surface area contributed by atoms with Crippen LogP contribution in [-0.4, -0.2) is 20.7 Å². The van der Waals surface area contributed by atoms with Gasteiger partial charge in [-0.1, -0.05) is 74.0 Å². The summed E-state index contributed by atoms with van der Waals surface area (Å²) in [6, 6.07) is 22.1. The molecule has 39 heavy (non-hydrogen) atoms. The Labute approximate surface area is 228 Å². The predicted octanol–water partition coefficient (Wildman–Crippen LogP) is 8.59. The highest BCUT2D eigenvalue weighted by molar-refractivity contribution is 6.40. The number of para-hydroxylation sites is 1. The predicted molar refractivity (Wildman–Crippen MR) is 157 cm³/mol. The van der Waals surface area contributed by atoms with Crippen molar-refractivity contribution in [3.63, 3.8) is 0 Å². The van der Waals surface area contributed by atoms with Crippen LogP contribution in [0.4, 0.5) is 8.78 Å². The van der Waals surface area contributed by atoms with Crippen molar-refractivity contribution < 1.29 is 13.2 Å². The fourth-order valence-electron chi connectivity index (χ4n) is 5.12. The number of aryl methyl sites for hydroxylation is 1. The number of benzene rings is 4. The molecular formula is C33H25B2F2NO. The maximum atomic E-state index is 15.4. The molecule has 0 saturated heterocycles. The Kier molecular flexibility index (Phi) is 5.73. The molecule has 4 aromatic carbocycles. The number of fused-ring (bicyclic) bond motifs is 4. The van der Waals surface area contributed by atoms with Crippen molar-refractivity contribution in [2.24, 2.45) is 5.41 Å². The molecule has 188 valence electrons. The van der Waals surface area contributed by atoms with Gasteiger partial charge in [0.25, 0.3) is 0 Å². The van der Waals surface area contributed by atoms with Crippen LogP contribution in [0.2, 0.25) is 0 Å². The summed E-state index contributed by atoms with van der Waals surface area (Å²) < 4.78 is 37.2. The minimum Gasteiger partial charge on any atom is -0.455 e. The highest BCUT2D eigenvalue weighted by Crippen LogP contribution is 2.42. The molecule has 2 nitrogen and oxygen atoms in total. The lowest BCUT2D eigenvalue weighted by atomic mass is 9.41. The number of furan rings is 1. The molecule has 0 atom stereocenters. The molecule has 0 unspecified atom stereocenters. The molecule has 2 heterocycles. The van der Waals surface area contributed by atoms with E-state index < -0.39 is 16.4 Å². The van der Waals surface area contributed by atoms with Gasteiger partial charge in [-0.25, -0.2) is 8.78 Å². The molecule has 0 aliphatic rings. The third kappa shape index (κ3) is 4.05. The number of aromatic nitrogens is 1. The molecule has 0 fully saturated rings. The lowest BCUT2D eigenvalue weighted by Gasteiger charge is -2.40. The van der Waals surface area contributed by atoms with Crippen molar-refractivity contribution in [2.45, 2.75) is 32.9 Å². The van der Waals surface area contributed by atoms with E-state index in [9.17, 15) is 0 Å². The summed E-state index contributed by atoms with van der Waals surface area (Å²) in [5.41, 5.74) is 3.64. The molecule has 6 heteroatoms. The first-order valence-electron chi connectivity index (χ1n) is 12.8. The van der Waals surface area contributed by atoms with Gasteiger partial charge in [0.1, 0.15) is 22.8 Å². The Morgan fingerprint density at radius 3 is 2.26 bits per heavy atom. The van der Waals surface area contributed by atoms with Gasteiger partial charge in [-0.05, 0) is 58.5 Å². The van der Waals surface area contributed by atoms with Crippen LogP contribution in [-0.2, 0) is 5.21 Å². The molecule has 0 N–H and O–H groups in total. The van der Waals surface area contributed by atoms with Gasteiger partial charge in [-0.2, -0.15) is 0 Å². The zero-order valence-electron chi connectivity index (χ0n) is 22.3. The molecule has 6 aromatic rings. The number of pyridine rings is 1. The molecule has 0 aliphatic heterocycles. The molecule has 0 amide bonds. The van der Waals surface area contributed by atoms with Crippen molar-refractivity contribution in [1.29, 1.82) is 0 Å². The lowest BCUT2D eigenvalue weighted by Crippen LogP contribution is -2.42. The molecular weight excluding hydrogens is 486 g/mol. The SMILES string of the molecule is [B]C([B])(c1cnc(-c2cccc3c2oc2c(-c4ccc5ccc(C)cc5c4)c(F)ccc23)cc1F)C(C)(C)C. The van der Waals surface area contributed by atoms with E-state index in [-0.39, 0.29) is 11.4 Å². The van der Waals surface area contributed by atoms with Crippen LogP contribution in [0.25, 0.3) is 55.1 Å². The molecule has 0 saturated carbocycles. The summed E-state index contributed by atoms with van der Waals surface area (Å²) >= 11 is 0. The summed E-state index contributed by atoms with van der Waals surface area (Å²) in [6.07, 6.45) is 1.39. The first kappa shape index (κ1) is 25.4. The Bertz CT molecular complexity index is 1920. The highest BCUT2D eigenvalue weighted by Gasteiger charge is 2.35. The molecule has 6 rings (SSSR count). The van der Waals surface area contributed by atoms with Gasteiger partial charge in [0.05, 0.1) is 26.9 Å². The third-order valence-corrected chi connectivity index (χ3v) is 7.72. The molecule has 4 radical (unpaired) electrons. The highest BCUT2D eigenvalue weighted by atomic mass is 19.1. The van der Waals surface area contributed by atoms with Crippen molar-refractivity contribution in [2.75, 3.05) is 0 Å². The normalized spacial score (nSPS) is 12.6. The van der Waals surface area contributed by atoms with E-state index in [1.807, 2.05) is 64.1 Å². The first-order chi connectivity index (χ1) is 18.5. The Morgan fingerprint density at radius 1 is 0.769 bits per heavy atom. The number of hydrogen-bond acceptors (Lipinski definition) is 2. The summed E-state index contributed by atoms with van der Waals surface area (Å²) in [5, 5.41) is 2.23. The molecule has 0 bridgehead atoms. The summed E-state index contributed by atoms with van der Waals surface area (Å²) in [4.78, 5) is 4.52. The van der Waals surface area contributed by atoms with Gasteiger partial charge in [0.2, 0.25) is 0 Å². The van der Waals surface area contributed by atoms with Crippen molar-refractivity contribution in [3.8, 4) is 22.4 Å². The average molecular weight is 511 g/mol. The average Bonchev–Trinajstić information content (AvgIpc) is 3.26. The zero-order valence-corrected chi connectivity index (χ0v) is 22.3. The molecule has 0 spiro atoms. The number of rotatable bonds is 3. The van der Waals surface area contributed by atoms with Gasteiger partial charge in [-0.3, -0.25) is 4.98 Å². The number of hydrogen-bond donors (Lipinski definition) is 0. The molecule has 0 aliphatic carbocycles. The Morgan fingerprint density at radius 2 is 1.51 bits per heavy atom. The smallest absolute Gasteiger partial charge is 0.146 e. The van der Waals surface area contributed by atoms with E-state index in [1.165, 1.54) is 18.3 Å². The van der Waals surface area contributed by atoms with E-state index in [1.54, 1.807) is 6.07 Å². The summed E-state index contributed by atoms with van der Waals surface area (Å²) in [6.45, 7) is 7.58. The Balaban J connectivity index is 1.55. The minimum atomic E-state index is -1.42. The van der Waals surface area contributed by atoms with E-state index in [4.69, 9.17) is 20.1 Å². The monoisotopic (exact) mass is 511 g/mol. The second kappa shape index (κ2) is 8.81. The lowest BCUT2D eigenvalue weighted by molar-refractivity contribution is 0.349. The van der Waals surface area contributed by atoms with E-state index >= 15 is 8.78 Å². The van der Waals surface area contributed by atoms with E-state index in [0.717, 1.165) is 32.7 Å². The van der Waals surface area contributed by atoms with Gasteiger partial charge in [0, 0.05) is 28.6 Å². The summed E-state index contributed by atoms with van der Waals surface area (Å²) in [5.74, 6) is -0.931. The standard InChI is InChI=1S/C33H25B2F2NO/c1-18-8-9-19-10-11-20(15-21(19)14-18)29-26(36)13-12-23-22-6-5-7-24(30(22)39-31(23)29)28-16-27(37)25(17-38-28)33(34,35)32(2,3)4/h5-17H,1-4H3. The van der Waals surface area contributed by atoms with Crippen LogP contribution in [0, 0.1) is 24.0 Å². The van der Waals surface area contributed by atoms with Crippen molar-refractivity contribution in [3.05, 3.63) is 102 Å². The van der Waals surface area contributed by atoms with Crippen LogP contribution in [0.15, 0.2) is 83.4 Å². The minimum absolute atomic E-state index is 0.131. The maximum Gasteiger partial charge on any atom is 0.146 e. The largest absolute Gasteiger partial charge is 0.455 e. The van der Waals surface area contributed by atoms with Crippen LogP contribution in [0.5, 0.6) is 0 Å². The van der Waals surface area contributed by atoms with Crippen LogP contribution in [0.3, 0.4) is 0 Å². The maximum absolute atomic E-state index is 15.4. The van der Waals surface area contributed by atoms with Gasteiger partial charge in [0.15, 0.2) is 0 Å². The van der Waals surface area contributed by atoms with Gasteiger partial charge in [-0.15, -0.1) is 0 Å². The van der Waals surface area contributed by atoms with E-state index in [2.05, 4.69) is 23.2 Å². The summed E-state index contributed by atoms with van der Waals surface area (Å²) in [7, 11) is 12.6. The number of nitrogens with zero attached hydrogens (tertiary/aromatic N) is 1. The zero-order chi connectivity index (χ0) is 27.7. The number of halogens is 2. The van der Waals surface area contributed by atoms with Crippen LogP contribution < -0.4 is 0 Å². The Hall–Kier alpha value is -3.92. The van der Waals surface area contributed by atoms with Gasteiger partial charge >= 0.3 is 0 Å². The van der Waals surface area contributed by atoms with Crippen LogP contribution >= 0.6 is 0 Å². The second-order valence-corrected chi connectivity index (χ2v) is 11.3. The topological polar surface area (TPSA) is 26.0 Å².